The average Bonchev–Trinajstić information content (AvgIpc) is 2.38. The molecule has 1 aromatic rings. The van der Waals surface area contributed by atoms with Crippen LogP contribution < -0.4 is 5.32 Å². The number of nitrogens with zero attached hydrogens (tertiary/aromatic N) is 1. The van der Waals surface area contributed by atoms with E-state index in [-0.39, 0.29) is 6.10 Å². The van der Waals surface area contributed by atoms with Gasteiger partial charge in [-0.05, 0) is 37.8 Å². The maximum atomic E-state index is 11.9. The topological polar surface area (TPSA) is 69.6 Å². The fraction of sp³-hybridized carbons (Fsp3) is 0.467. The lowest BCUT2D eigenvalue weighted by molar-refractivity contribution is -0.143. The Balaban J connectivity index is 1.84. The third-order valence-corrected chi connectivity index (χ3v) is 3.59. The molecule has 1 saturated carbocycles. The molecular weight excluding hydrogens is 256 g/mol. The number of carbonyl (C=O) groups excluding carboxylic acids is 2. The summed E-state index contributed by atoms with van der Waals surface area (Å²) in [6, 6.07) is 7.28. The second-order valence-electron chi connectivity index (χ2n) is 5.50. The fourth-order valence-electron chi connectivity index (χ4n) is 2.31. The van der Waals surface area contributed by atoms with Gasteiger partial charge in [0.2, 0.25) is 0 Å². The van der Waals surface area contributed by atoms with Gasteiger partial charge in [0.15, 0.2) is 0 Å². The lowest BCUT2D eigenvalue weighted by Crippen LogP contribution is -2.43. The summed E-state index contributed by atoms with van der Waals surface area (Å²) in [5.41, 5.74) is 1.71. The Labute approximate surface area is 118 Å². The molecule has 0 bridgehead atoms. The SMILES string of the molecule is Cc1ccc(NC(=O)C(=O)N(C)CC2CC(O)C2)cc1. The zero-order valence-corrected chi connectivity index (χ0v) is 11.8. The summed E-state index contributed by atoms with van der Waals surface area (Å²) in [7, 11) is 1.61. The zero-order valence-electron chi connectivity index (χ0n) is 11.8. The minimum atomic E-state index is -0.628. The normalized spacial score (nSPS) is 20.9. The van der Waals surface area contributed by atoms with Gasteiger partial charge in [-0.3, -0.25) is 9.59 Å². The number of rotatable bonds is 3. The minimum absolute atomic E-state index is 0.245. The standard InChI is InChI=1S/C15H20N2O3/c1-10-3-5-12(6-4-10)16-14(19)15(20)17(2)9-11-7-13(18)8-11/h3-6,11,13,18H,7-9H2,1-2H3,(H,16,19). The first-order valence-electron chi connectivity index (χ1n) is 6.77. The highest BCUT2D eigenvalue weighted by molar-refractivity contribution is 6.39. The molecule has 1 aromatic carbocycles. The molecule has 0 spiro atoms. The first-order valence-corrected chi connectivity index (χ1v) is 6.77. The number of anilines is 1. The van der Waals surface area contributed by atoms with Crippen LogP contribution in [0, 0.1) is 12.8 Å². The molecule has 5 heteroatoms. The quantitative estimate of drug-likeness (QED) is 0.814. The highest BCUT2D eigenvalue weighted by Gasteiger charge is 2.30. The van der Waals surface area contributed by atoms with Crippen LogP contribution in [0.3, 0.4) is 0 Å². The van der Waals surface area contributed by atoms with Crippen molar-refractivity contribution in [1.29, 1.82) is 0 Å². The Morgan fingerprint density at radius 1 is 1.30 bits per heavy atom. The average molecular weight is 276 g/mol. The Bertz CT molecular complexity index is 492. The van der Waals surface area contributed by atoms with Gasteiger partial charge in [-0.2, -0.15) is 0 Å². The second kappa shape index (κ2) is 6.05. The van der Waals surface area contributed by atoms with Gasteiger partial charge in [0, 0.05) is 19.3 Å². The summed E-state index contributed by atoms with van der Waals surface area (Å²) in [6.45, 7) is 2.47. The number of hydrogen-bond acceptors (Lipinski definition) is 3. The number of nitrogens with one attached hydrogen (secondary N) is 1. The van der Waals surface area contributed by atoms with E-state index in [2.05, 4.69) is 5.32 Å². The molecule has 5 nitrogen and oxygen atoms in total. The molecule has 1 aliphatic rings. The minimum Gasteiger partial charge on any atom is -0.393 e. The lowest BCUT2D eigenvalue weighted by Gasteiger charge is -2.34. The number of aliphatic hydroxyl groups is 1. The van der Waals surface area contributed by atoms with Gasteiger partial charge < -0.3 is 15.3 Å². The molecular formula is C15H20N2O3. The number of aryl methyl sites for hydroxylation is 1. The molecule has 0 radical (unpaired) electrons. The Hall–Kier alpha value is -1.88. The maximum Gasteiger partial charge on any atom is 0.313 e. The van der Waals surface area contributed by atoms with Crippen molar-refractivity contribution in [3.63, 3.8) is 0 Å². The second-order valence-corrected chi connectivity index (χ2v) is 5.50. The van der Waals surface area contributed by atoms with Crippen LogP contribution in [0.5, 0.6) is 0 Å². The van der Waals surface area contributed by atoms with Crippen LogP contribution in [0.4, 0.5) is 5.69 Å². The number of amides is 2. The molecule has 20 heavy (non-hydrogen) atoms. The summed E-state index contributed by atoms with van der Waals surface area (Å²) in [4.78, 5) is 25.2. The Morgan fingerprint density at radius 3 is 2.45 bits per heavy atom. The van der Waals surface area contributed by atoms with E-state index in [0.717, 1.165) is 5.56 Å². The third kappa shape index (κ3) is 3.57. The van der Waals surface area contributed by atoms with Crippen LogP contribution in [0.25, 0.3) is 0 Å². The summed E-state index contributed by atoms with van der Waals surface area (Å²) in [5.74, 6) is -0.880. The molecule has 0 aromatic heterocycles. The summed E-state index contributed by atoms with van der Waals surface area (Å²) in [5, 5.41) is 11.8. The van der Waals surface area contributed by atoms with Crippen molar-refractivity contribution >= 4 is 17.5 Å². The van der Waals surface area contributed by atoms with E-state index < -0.39 is 11.8 Å². The zero-order chi connectivity index (χ0) is 14.7. The predicted octanol–water partition coefficient (Wildman–Crippen LogP) is 1.16. The molecule has 0 aliphatic heterocycles. The Kier molecular flexibility index (Phi) is 4.39. The smallest absolute Gasteiger partial charge is 0.313 e. The van der Waals surface area contributed by atoms with Gasteiger partial charge in [0.1, 0.15) is 0 Å². The van der Waals surface area contributed by atoms with Crippen molar-refractivity contribution < 1.29 is 14.7 Å². The molecule has 0 heterocycles. The molecule has 108 valence electrons. The largest absolute Gasteiger partial charge is 0.393 e. The van der Waals surface area contributed by atoms with E-state index in [1.807, 2.05) is 19.1 Å². The number of hydrogen-bond donors (Lipinski definition) is 2. The number of aliphatic hydroxyl groups excluding tert-OH is 1. The van der Waals surface area contributed by atoms with E-state index in [9.17, 15) is 14.7 Å². The highest BCUT2D eigenvalue weighted by atomic mass is 16.3. The van der Waals surface area contributed by atoms with Crippen molar-refractivity contribution in [2.24, 2.45) is 5.92 Å². The van der Waals surface area contributed by atoms with Crippen molar-refractivity contribution in [3.8, 4) is 0 Å². The van der Waals surface area contributed by atoms with Gasteiger partial charge in [0.05, 0.1) is 6.10 Å². The molecule has 2 N–H and O–H groups in total. The van der Waals surface area contributed by atoms with Gasteiger partial charge in [0.25, 0.3) is 0 Å². The summed E-state index contributed by atoms with van der Waals surface area (Å²) < 4.78 is 0. The van der Waals surface area contributed by atoms with Crippen LogP contribution in [0.15, 0.2) is 24.3 Å². The lowest BCUT2D eigenvalue weighted by atomic mass is 9.82. The van der Waals surface area contributed by atoms with Crippen LogP contribution in [0.1, 0.15) is 18.4 Å². The number of carbonyl (C=O) groups is 2. The van der Waals surface area contributed by atoms with E-state index in [4.69, 9.17) is 0 Å². The highest BCUT2D eigenvalue weighted by Crippen LogP contribution is 2.27. The monoisotopic (exact) mass is 276 g/mol. The van der Waals surface area contributed by atoms with Crippen LogP contribution >= 0.6 is 0 Å². The summed E-state index contributed by atoms with van der Waals surface area (Å²) >= 11 is 0. The maximum absolute atomic E-state index is 11.9. The molecule has 0 atom stereocenters. The summed E-state index contributed by atoms with van der Waals surface area (Å²) in [6.07, 6.45) is 1.17. The van der Waals surface area contributed by atoms with Gasteiger partial charge in [-0.1, -0.05) is 17.7 Å². The third-order valence-electron chi connectivity index (χ3n) is 3.59. The van der Waals surface area contributed by atoms with E-state index in [1.165, 1.54) is 4.90 Å². The molecule has 0 unspecified atom stereocenters. The van der Waals surface area contributed by atoms with E-state index in [1.54, 1.807) is 19.2 Å². The van der Waals surface area contributed by atoms with Gasteiger partial charge in [-0.25, -0.2) is 0 Å². The van der Waals surface area contributed by atoms with Crippen molar-refractivity contribution in [2.45, 2.75) is 25.9 Å². The first kappa shape index (κ1) is 14.5. The molecule has 1 aliphatic carbocycles. The van der Waals surface area contributed by atoms with E-state index in [0.29, 0.717) is 31.0 Å². The van der Waals surface area contributed by atoms with Gasteiger partial charge in [-0.15, -0.1) is 0 Å². The van der Waals surface area contributed by atoms with Crippen LogP contribution in [0.2, 0.25) is 0 Å². The fourth-order valence-corrected chi connectivity index (χ4v) is 2.31. The number of benzene rings is 1. The van der Waals surface area contributed by atoms with Crippen molar-refractivity contribution in [1.82, 2.24) is 4.90 Å². The predicted molar refractivity (Wildman–Crippen MR) is 76.2 cm³/mol. The molecule has 1 fully saturated rings. The van der Waals surface area contributed by atoms with Crippen LogP contribution in [-0.2, 0) is 9.59 Å². The van der Waals surface area contributed by atoms with Crippen molar-refractivity contribution in [2.75, 3.05) is 18.9 Å². The van der Waals surface area contributed by atoms with E-state index >= 15 is 0 Å². The van der Waals surface area contributed by atoms with Crippen LogP contribution in [-0.4, -0.2) is 41.5 Å². The molecule has 2 amide bonds. The Morgan fingerprint density at radius 2 is 1.90 bits per heavy atom. The van der Waals surface area contributed by atoms with Crippen molar-refractivity contribution in [3.05, 3.63) is 29.8 Å². The first-order chi connectivity index (χ1) is 9.45. The molecule has 2 rings (SSSR count). The number of likely N-dealkylation sites (N-methyl/N-ethyl adjacent to an activating group) is 1. The molecule has 0 saturated heterocycles. The van der Waals surface area contributed by atoms with Gasteiger partial charge >= 0.3 is 11.8 Å².